The number of amides is 2. The van der Waals surface area contributed by atoms with Crippen LogP contribution in [0.2, 0.25) is 0 Å². The summed E-state index contributed by atoms with van der Waals surface area (Å²) in [4.78, 5) is 12.0. The van der Waals surface area contributed by atoms with Crippen LogP contribution < -0.4 is 10.6 Å². The van der Waals surface area contributed by atoms with Gasteiger partial charge in [-0.25, -0.2) is 4.79 Å². The Bertz CT molecular complexity index is 895. The molecule has 2 heterocycles. The van der Waals surface area contributed by atoms with Crippen molar-refractivity contribution in [2.45, 2.75) is 33.6 Å². The van der Waals surface area contributed by atoms with Crippen molar-refractivity contribution in [1.29, 1.82) is 0 Å². The van der Waals surface area contributed by atoms with Crippen molar-refractivity contribution >= 4 is 17.5 Å². The van der Waals surface area contributed by atoms with Crippen molar-refractivity contribution in [2.24, 2.45) is 0 Å². The Morgan fingerprint density at radius 2 is 2.00 bits per heavy atom. The van der Waals surface area contributed by atoms with Crippen LogP contribution in [0.15, 0.2) is 24.3 Å². The van der Waals surface area contributed by atoms with Crippen molar-refractivity contribution in [3.8, 4) is 5.69 Å². The van der Waals surface area contributed by atoms with E-state index in [4.69, 9.17) is 0 Å². The molecule has 3 aromatic rings. The predicted octanol–water partition coefficient (Wildman–Crippen LogP) is 2.77. The van der Waals surface area contributed by atoms with Crippen molar-refractivity contribution in [2.75, 3.05) is 10.6 Å². The quantitative estimate of drug-likeness (QED) is 0.676. The maximum absolute atomic E-state index is 12.0. The second-order valence-corrected chi connectivity index (χ2v) is 6.12. The molecule has 1 aromatic carbocycles. The van der Waals surface area contributed by atoms with Crippen LogP contribution in [0.4, 0.5) is 16.3 Å². The smallest absolute Gasteiger partial charge is 0.308 e. The van der Waals surface area contributed by atoms with E-state index in [1.54, 1.807) is 10.7 Å². The molecule has 0 aliphatic rings. The Morgan fingerprint density at radius 3 is 2.64 bits per heavy atom. The monoisotopic (exact) mass is 340 g/mol. The number of rotatable bonds is 4. The summed E-state index contributed by atoms with van der Waals surface area (Å²) in [5.74, 6) is 1.46. The van der Waals surface area contributed by atoms with Crippen LogP contribution in [-0.2, 0) is 0 Å². The van der Waals surface area contributed by atoms with Crippen molar-refractivity contribution in [1.82, 2.24) is 30.4 Å². The first-order valence-corrected chi connectivity index (χ1v) is 7.93. The van der Waals surface area contributed by atoms with Crippen LogP contribution in [0.3, 0.4) is 0 Å². The van der Waals surface area contributed by atoms with E-state index in [1.165, 1.54) is 0 Å². The number of hydrogen-bond acceptors (Lipinski definition) is 5. The molecule has 9 heteroatoms. The minimum atomic E-state index is -0.357. The Kier molecular flexibility index (Phi) is 4.46. The standard InChI is InChI=1S/C16H20N8O/c1-9(2)15-21-22-23-24(15)13-6-5-12(7-10(13)3)17-16(25)18-14-8-11(4)19-20-14/h5-9H,1-4H3,(H3,17,18,19,20,25). The number of carbonyl (C=O) groups excluding carboxylic acids is 1. The number of urea groups is 1. The maximum atomic E-state index is 12.0. The van der Waals surface area contributed by atoms with E-state index in [2.05, 4.69) is 36.4 Å². The number of H-pyrrole nitrogens is 1. The zero-order valence-electron chi connectivity index (χ0n) is 14.5. The third kappa shape index (κ3) is 3.65. The lowest BCUT2D eigenvalue weighted by molar-refractivity contribution is 0.262. The molecule has 0 aliphatic carbocycles. The highest BCUT2D eigenvalue weighted by Gasteiger charge is 2.14. The van der Waals surface area contributed by atoms with Gasteiger partial charge in [-0.05, 0) is 48.0 Å². The highest BCUT2D eigenvalue weighted by Crippen LogP contribution is 2.21. The number of carbonyl (C=O) groups is 1. The Morgan fingerprint density at radius 1 is 1.20 bits per heavy atom. The van der Waals surface area contributed by atoms with Gasteiger partial charge in [-0.1, -0.05) is 13.8 Å². The SMILES string of the molecule is Cc1cc(NC(=O)Nc2ccc(-n3nnnc3C(C)C)c(C)c2)n[nH]1. The van der Waals surface area contributed by atoms with Gasteiger partial charge in [0.25, 0.3) is 0 Å². The first-order chi connectivity index (χ1) is 11.9. The Balaban J connectivity index is 1.75. The van der Waals surface area contributed by atoms with Crippen LogP contribution in [-0.4, -0.2) is 36.4 Å². The lowest BCUT2D eigenvalue weighted by atomic mass is 10.1. The molecule has 3 rings (SSSR count). The number of aryl methyl sites for hydroxylation is 2. The fourth-order valence-corrected chi connectivity index (χ4v) is 2.46. The van der Waals surface area contributed by atoms with E-state index >= 15 is 0 Å². The molecule has 0 atom stereocenters. The van der Waals surface area contributed by atoms with E-state index in [0.29, 0.717) is 11.5 Å². The number of benzene rings is 1. The molecule has 2 amide bonds. The topological polar surface area (TPSA) is 113 Å². The molecule has 0 saturated heterocycles. The van der Waals surface area contributed by atoms with Crippen molar-refractivity contribution < 1.29 is 4.79 Å². The van der Waals surface area contributed by atoms with Crippen LogP contribution in [0.25, 0.3) is 5.69 Å². The predicted molar refractivity (Wildman–Crippen MR) is 93.9 cm³/mol. The van der Waals surface area contributed by atoms with Gasteiger partial charge < -0.3 is 5.32 Å². The summed E-state index contributed by atoms with van der Waals surface area (Å²) in [6, 6.07) is 6.95. The second kappa shape index (κ2) is 6.71. The minimum absolute atomic E-state index is 0.204. The molecule has 2 aromatic heterocycles. The van der Waals surface area contributed by atoms with Gasteiger partial charge in [0.1, 0.15) is 0 Å². The van der Waals surface area contributed by atoms with Gasteiger partial charge in [0.15, 0.2) is 11.6 Å². The molecule has 25 heavy (non-hydrogen) atoms. The molecular weight excluding hydrogens is 320 g/mol. The summed E-state index contributed by atoms with van der Waals surface area (Å²) in [7, 11) is 0. The normalized spacial score (nSPS) is 10.9. The molecule has 0 fully saturated rings. The molecule has 0 unspecified atom stereocenters. The highest BCUT2D eigenvalue weighted by atomic mass is 16.2. The van der Waals surface area contributed by atoms with Gasteiger partial charge in [-0.3, -0.25) is 10.4 Å². The van der Waals surface area contributed by atoms with E-state index in [9.17, 15) is 4.79 Å². The number of nitrogens with one attached hydrogen (secondary N) is 3. The number of nitrogens with zero attached hydrogens (tertiary/aromatic N) is 5. The van der Waals surface area contributed by atoms with Crippen LogP contribution >= 0.6 is 0 Å². The van der Waals surface area contributed by atoms with Gasteiger partial charge in [0.05, 0.1) is 5.69 Å². The van der Waals surface area contributed by atoms with Gasteiger partial charge >= 0.3 is 6.03 Å². The van der Waals surface area contributed by atoms with Gasteiger partial charge in [-0.2, -0.15) is 9.78 Å². The fourth-order valence-electron chi connectivity index (χ4n) is 2.46. The lowest BCUT2D eigenvalue weighted by Crippen LogP contribution is -2.19. The molecule has 0 spiro atoms. The summed E-state index contributed by atoms with van der Waals surface area (Å²) in [5.41, 5.74) is 3.37. The summed E-state index contributed by atoms with van der Waals surface area (Å²) in [5, 5.41) is 24.1. The number of tetrazole rings is 1. The number of anilines is 2. The van der Waals surface area contributed by atoms with Crippen LogP contribution in [0.1, 0.15) is 36.8 Å². The number of aromatic amines is 1. The van der Waals surface area contributed by atoms with Gasteiger partial charge in [0, 0.05) is 23.4 Å². The summed E-state index contributed by atoms with van der Waals surface area (Å²) in [6.07, 6.45) is 0. The maximum Gasteiger partial charge on any atom is 0.324 e. The zero-order chi connectivity index (χ0) is 18.0. The first kappa shape index (κ1) is 16.6. The average Bonchev–Trinajstić information content (AvgIpc) is 3.16. The molecule has 0 saturated carbocycles. The second-order valence-electron chi connectivity index (χ2n) is 6.12. The summed E-state index contributed by atoms with van der Waals surface area (Å²) >= 11 is 0. The van der Waals surface area contributed by atoms with E-state index in [-0.39, 0.29) is 11.9 Å². The lowest BCUT2D eigenvalue weighted by Gasteiger charge is -2.12. The zero-order valence-corrected chi connectivity index (χ0v) is 14.5. The van der Waals surface area contributed by atoms with E-state index in [1.807, 2.05) is 45.9 Å². The largest absolute Gasteiger partial charge is 0.324 e. The van der Waals surface area contributed by atoms with Crippen molar-refractivity contribution in [3.05, 3.63) is 41.3 Å². The van der Waals surface area contributed by atoms with Crippen LogP contribution in [0.5, 0.6) is 0 Å². The van der Waals surface area contributed by atoms with Gasteiger partial charge in [-0.15, -0.1) is 5.10 Å². The minimum Gasteiger partial charge on any atom is -0.308 e. The van der Waals surface area contributed by atoms with Gasteiger partial charge in [0.2, 0.25) is 0 Å². The molecule has 0 radical (unpaired) electrons. The molecule has 0 bridgehead atoms. The average molecular weight is 340 g/mol. The molecule has 0 aliphatic heterocycles. The van der Waals surface area contributed by atoms with E-state index in [0.717, 1.165) is 22.8 Å². The molecule has 3 N–H and O–H groups in total. The first-order valence-electron chi connectivity index (χ1n) is 7.93. The highest BCUT2D eigenvalue weighted by molar-refractivity contribution is 5.99. The summed E-state index contributed by atoms with van der Waals surface area (Å²) in [6.45, 7) is 7.88. The van der Waals surface area contributed by atoms with Crippen LogP contribution in [0, 0.1) is 13.8 Å². The third-order valence-corrected chi connectivity index (χ3v) is 3.64. The molecule has 9 nitrogen and oxygen atoms in total. The Hall–Kier alpha value is -3.23. The van der Waals surface area contributed by atoms with Crippen molar-refractivity contribution in [3.63, 3.8) is 0 Å². The number of aromatic nitrogens is 6. The number of hydrogen-bond donors (Lipinski definition) is 3. The van der Waals surface area contributed by atoms with E-state index < -0.39 is 0 Å². The Labute approximate surface area is 144 Å². The summed E-state index contributed by atoms with van der Waals surface area (Å²) < 4.78 is 1.72. The molecule has 130 valence electrons. The molecular formula is C16H20N8O. The third-order valence-electron chi connectivity index (χ3n) is 3.64. The fraction of sp³-hybridized carbons (Fsp3) is 0.312.